The fourth-order valence-electron chi connectivity index (χ4n) is 3.67. The van der Waals surface area contributed by atoms with Gasteiger partial charge in [-0.25, -0.2) is 8.78 Å². The van der Waals surface area contributed by atoms with Gasteiger partial charge in [0.15, 0.2) is 0 Å². The average Bonchev–Trinajstić information content (AvgIpc) is 3.13. The van der Waals surface area contributed by atoms with E-state index in [9.17, 15) is 8.78 Å². The molecule has 0 amide bonds. The molecule has 0 aliphatic carbocycles. The number of rotatable bonds is 6. The second-order valence-corrected chi connectivity index (χ2v) is 7.78. The van der Waals surface area contributed by atoms with E-state index in [1.54, 1.807) is 24.3 Å². The minimum Gasteiger partial charge on any atom is -0.391 e. The van der Waals surface area contributed by atoms with Crippen LogP contribution in [0.5, 0.6) is 0 Å². The van der Waals surface area contributed by atoms with Gasteiger partial charge >= 0.3 is 0 Å². The summed E-state index contributed by atoms with van der Waals surface area (Å²) in [5, 5.41) is 4.33. The highest BCUT2D eigenvalue weighted by Crippen LogP contribution is 2.30. The lowest BCUT2D eigenvalue weighted by Gasteiger charge is -2.12. The molecule has 0 radical (unpaired) electrons. The van der Waals surface area contributed by atoms with Crippen LogP contribution in [-0.4, -0.2) is 10.3 Å². The normalized spacial score (nSPS) is 11.6. The number of hydrogen-bond donors (Lipinski definition) is 0. The van der Waals surface area contributed by atoms with Crippen molar-refractivity contribution in [1.82, 2.24) is 4.57 Å². The Balaban J connectivity index is 1.70. The molecule has 5 heteroatoms. The zero-order valence-electron chi connectivity index (χ0n) is 18.3. The number of aromatic nitrogens is 1. The van der Waals surface area contributed by atoms with Crippen LogP contribution < -0.4 is 0 Å². The molecule has 4 aromatic rings. The van der Waals surface area contributed by atoms with Gasteiger partial charge < -0.3 is 9.40 Å². The van der Waals surface area contributed by atoms with Crippen LogP contribution in [0, 0.1) is 25.5 Å². The zero-order chi connectivity index (χ0) is 22.7. The van der Waals surface area contributed by atoms with Crippen LogP contribution in [0.4, 0.5) is 8.78 Å². The Bertz CT molecular complexity index is 1240. The van der Waals surface area contributed by atoms with E-state index in [2.05, 4.69) is 5.16 Å². The van der Waals surface area contributed by atoms with E-state index in [1.165, 1.54) is 29.8 Å². The van der Waals surface area contributed by atoms with E-state index in [0.29, 0.717) is 6.61 Å². The fraction of sp³-hybridized carbons (Fsp3) is 0.148. The van der Waals surface area contributed by atoms with Gasteiger partial charge in [0, 0.05) is 16.9 Å². The van der Waals surface area contributed by atoms with Crippen molar-refractivity contribution in [2.45, 2.75) is 27.4 Å². The molecule has 0 atom stereocenters. The highest BCUT2D eigenvalue weighted by atomic mass is 19.1. The van der Waals surface area contributed by atoms with Crippen LogP contribution in [0.1, 0.15) is 29.3 Å². The third kappa shape index (κ3) is 4.62. The van der Waals surface area contributed by atoms with E-state index in [-0.39, 0.29) is 11.6 Å². The van der Waals surface area contributed by atoms with Gasteiger partial charge in [-0.05, 0) is 86.5 Å². The SMILES string of the molecule is C/C(=N/OCc1ccc(C)cc1)c1cc(-c2ccc(F)cc2)n(-c2ccc(F)cc2)c1C. The molecule has 0 saturated heterocycles. The van der Waals surface area contributed by atoms with Crippen LogP contribution >= 0.6 is 0 Å². The summed E-state index contributed by atoms with van der Waals surface area (Å²) in [4.78, 5) is 5.60. The van der Waals surface area contributed by atoms with Gasteiger partial charge in [0.2, 0.25) is 0 Å². The highest BCUT2D eigenvalue weighted by Gasteiger charge is 2.17. The monoisotopic (exact) mass is 430 g/mol. The number of nitrogens with zero attached hydrogens (tertiary/aromatic N) is 2. The van der Waals surface area contributed by atoms with Crippen molar-refractivity contribution in [2.75, 3.05) is 0 Å². The Kier molecular flexibility index (Phi) is 6.17. The van der Waals surface area contributed by atoms with Crippen molar-refractivity contribution in [3.8, 4) is 16.9 Å². The second kappa shape index (κ2) is 9.18. The molecule has 32 heavy (non-hydrogen) atoms. The van der Waals surface area contributed by atoms with E-state index in [0.717, 1.165) is 39.5 Å². The van der Waals surface area contributed by atoms with Crippen LogP contribution in [0.2, 0.25) is 0 Å². The maximum Gasteiger partial charge on any atom is 0.142 e. The second-order valence-electron chi connectivity index (χ2n) is 7.78. The Labute approximate surface area is 186 Å². The zero-order valence-corrected chi connectivity index (χ0v) is 18.3. The molecule has 0 spiro atoms. The lowest BCUT2D eigenvalue weighted by molar-refractivity contribution is 0.130. The fourth-order valence-corrected chi connectivity index (χ4v) is 3.67. The number of hydrogen-bond acceptors (Lipinski definition) is 2. The van der Waals surface area contributed by atoms with Gasteiger partial charge in [0.05, 0.1) is 11.4 Å². The molecule has 0 aliphatic heterocycles. The molecule has 4 rings (SSSR count). The summed E-state index contributed by atoms with van der Waals surface area (Å²) in [5.74, 6) is -0.600. The van der Waals surface area contributed by atoms with Crippen LogP contribution in [0.25, 0.3) is 16.9 Å². The summed E-state index contributed by atoms with van der Waals surface area (Å²) in [6.45, 7) is 6.28. The average molecular weight is 430 g/mol. The van der Waals surface area contributed by atoms with E-state index in [1.807, 2.05) is 55.7 Å². The Morgan fingerprint density at radius 3 is 2.06 bits per heavy atom. The lowest BCUT2D eigenvalue weighted by atomic mass is 10.1. The minimum atomic E-state index is -0.302. The molecule has 0 fully saturated rings. The largest absolute Gasteiger partial charge is 0.391 e. The van der Waals surface area contributed by atoms with Crippen LogP contribution in [-0.2, 0) is 11.4 Å². The standard InChI is InChI=1S/C27H24F2N2O/c1-18-4-6-21(7-5-18)17-32-30-19(2)26-16-27(22-8-10-23(28)11-9-22)31(20(26)3)25-14-12-24(29)13-15-25/h4-16H,17H2,1-3H3/b30-19-. The van der Waals surface area contributed by atoms with Crippen molar-refractivity contribution >= 4 is 5.71 Å². The van der Waals surface area contributed by atoms with Crippen molar-refractivity contribution < 1.29 is 13.6 Å². The lowest BCUT2D eigenvalue weighted by Crippen LogP contribution is -2.02. The first kappa shape index (κ1) is 21.5. The quantitative estimate of drug-likeness (QED) is 0.239. The molecule has 162 valence electrons. The summed E-state index contributed by atoms with van der Waals surface area (Å²) < 4.78 is 29.0. The Hall–Kier alpha value is -3.73. The topological polar surface area (TPSA) is 26.5 Å². The summed E-state index contributed by atoms with van der Waals surface area (Å²) >= 11 is 0. The molecular weight excluding hydrogens is 406 g/mol. The third-order valence-electron chi connectivity index (χ3n) is 5.42. The molecule has 3 nitrogen and oxygen atoms in total. The summed E-state index contributed by atoms with van der Waals surface area (Å²) in [6.07, 6.45) is 0. The number of oxime groups is 1. The molecule has 0 saturated carbocycles. The third-order valence-corrected chi connectivity index (χ3v) is 5.42. The molecule has 0 N–H and O–H groups in total. The van der Waals surface area contributed by atoms with Gasteiger partial charge in [0.1, 0.15) is 18.2 Å². The maximum absolute atomic E-state index is 13.5. The number of halogens is 2. The summed E-state index contributed by atoms with van der Waals surface area (Å²) in [6, 6.07) is 22.7. The smallest absolute Gasteiger partial charge is 0.142 e. The first-order valence-corrected chi connectivity index (χ1v) is 10.4. The molecule has 0 unspecified atom stereocenters. The molecular formula is C27H24F2N2O. The first-order valence-electron chi connectivity index (χ1n) is 10.4. The Morgan fingerprint density at radius 1 is 0.844 bits per heavy atom. The minimum absolute atomic E-state index is 0.298. The number of benzene rings is 3. The van der Waals surface area contributed by atoms with Crippen LogP contribution in [0.3, 0.4) is 0 Å². The maximum atomic E-state index is 13.5. The van der Waals surface area contributed by atoms with Gasteiger partial charge in [-0.2, -0.15) is 0 Å². The van der Waals surface area contributed by atoms with E-state index < -0.39 is 0 Å². The molecule has 0 aliphatic rings. The van der Waals surface area contributed by atoms with Crippen molar-refractivity contribution in [1.29, 1.82) is 0 Å². The van der Waals surface area contributed by atoms with Crippen LogP contribution in [0.15, 0.2) is 84.0 Å². The van der Waals surface area contributed by atoms with E-state index >= 15 is 0 Å². The van der Waals surface area contributed by atoms with Gasteiger partial charge in [-0.1, -0.05) is 35.0 Å². The molecule has 1 heterocycles. The molecule has 1 aromatic heterocycles. The molecule has 3 aromatic carbocycles. The van der Waals surface area contributed by atoms with Gasteiger partial charge in [-0.3, -0.25) is 0 Å². The Morgan fingerprint density at radius 2 is 1.44 bits per heavy atom. The summed E-state index contributed by atoms with van der Waals surface area (Å²) in [7, 11) is 0. The van der Waals surface area contributed by atoms with Gasteiger partial charge in [0.25, 0.3) is 0 Å². The van der Waals surface area contributed by atoms with Gasteiger partial charge in [-0.15, -0.1) is 0 Å². The van der Waals surface area contributed by atoms with Crippen molar-refractivity contribution in [2.24, 2.45) is 5.16 Å². The predicted molar refractivity (Wildman–Crippen MR) is 124 cm³/mol. The predicted octanol–water partition coefficient (Wildman–Crippen LogP) is 6.98. The number of aryl methyl sites for hydroxylation is 1. The van der Waals surface area contributed by atoms with E-state index in [4.69, 9.17) is 4.84 Å². The highest BCUT2D eigenvalue weighted by molar-refractivity contribution is 6.01. The van der Waals surface area contributed by atoms with Crippen molar-refractivity contribution in [3.05, 3.63) is 113 Å². The first-order chi connectivity index (χ1) is 15.4. The van der Waals surface area contributed by atoms with Crippen molar-refractivity contribution in [3.63, 3.8) is 0 Å². The molecule has 0 bridgehead atoms. The summed E-state index contributed by atoms with van der Waals surface area (Å²) in [5.41, 5.74) is 7.30.